The lowest BCUT2D eigenvalue weighted by molar-refractivity contribution is 0.102. The third-order valence-corrected chi connectivity index (χ3v) is 5.35. The molecular weight excluding hydrogens is 354 g/mol. The molecule has 0 unspecified atom stereocenters. The highest BCUT2D eigenvalue weighted by Crippen LogP contribution is 2.18. The minimum absolute atomic E-state index is 0.0928. The van der Waals surface area contributed by atoms with Crippen molar-refractivity contribution >= 4 is 21.8 Å². The molecule has 3 rings (SSSR count). The summed E-state index contributed by atoms with van der Waals surface area (Å²) in [6, 6.07) is 13.3. The molecule has 1 aromatic heterocycles. The van der Waals surface area contributed by atoms with Crippen molar-refractivity contribution in [2.24, 2.45) is 0 Å². The molecule has 0 saturated heterocycles. The van der Waals surface area contributed by atoms with Gasteiger partial charge in [-0.25, -0.2) is 8.42 Å². The maximum atomic E-state index is 12.3. The molecule has 1 amide bonds. The zero-order chi connectivity index (χ0) is 18.7. The van der Waals surface area contributed by atoms with Crippen LogP contribution in [0, 0.1) is 13.8 Å². The predicted molar refractivity (Wildman–Crippen MR) is 95.5 cm³/mol. The Morgan fingerprint density at radius 1 is 1.08 bits per heavy atom. The van der Waals surface area contributed by atoms with Crippen LogP contribution in [0.1, 0.15) is 27.4 Å². The molecule has 7 nitrogen and oxygen atoms in total. The normalized spacial score (nSPS) is 11.3. The van der Waals surface area contributed by atoms with E-state index in [1.807, 2.05) is 26.0 Å². The highest BCUT2D eigenvalue weighted by atomic mass is 32.2. The Hall–Kier alpha value is -3.00. The number of aryl methyl sites for hydroxylation is 2. The van der Waals surface area contributed by atoms with Crippen LogP contribution < -0.4 is 5.32 Å². The summed E-state index contributed by atoms with van der Waals surface area (Å²) in [5.41, 5.74) is 2.34. The van der Waals surface area contributed by atoms with Crippen LogP contribution >= 0.6 is 0 Å². The maximum absolute atomic E-state index is 12.3. The van der Waals surface area contributed by atoms with Gasteiger partial charge in [-0.2, -0.15) is 0 Å². The standard InChI is InChI=1S/C18H17N3O4S/c1-12-8-9-15(13(2)10-12)17(22)19-18-21-20-16(25-18)11-26(23,24)14-6-4-3-5-7-14/h3-10H,11H2,1-2H3,(H,19,21,22). The number of sulfone groups is 1. The number of carbonyl (C=O) groups excluding carboxylic acids is 1. The number of amides is 1. The number of carbonyl (C=O) groups is 1. The molecule has 3 aromatic rings. The first-order valence-electron chi connectivity index (χ1n) is 7.84. The van der Waals surface area contributed by atoms with E-state index < -0.39 is 21.5 Å². The summed E-state index contributed by atoms with van der Waals surface area (Å²) in [5, 5.41) is 9.88. The SMILES string of the molecule is Cc1ccc(C(=O)Nc2nnc(CS(=O)(=O)c3ccccc3)o2)c(C)c1. The third kappa shape index (κ3) is 3.97. The van der Waals surface area contributed by atoms with Gasteiger partial charge in [0.1, 0.15) is 5.75 Å². The fraction of sp³-hybridized carbons (Fsp3) is 0.167. The molecular formula is C18H17N3O4S. The Balaban J connectivity index is 1.73. The van der Waals surface area contributed by atoms with Gasteiger partial charge in [-0.3, -0.25) is 10.1 Å². The quantitative estimate of drug-likeness (QED) is 0.740. The van der Waals surface area contributed by atoms with Crippen LogP contribution in [0.15, 0.2) is 57.8 Å². The number of rotatable bonds is 5. The van der Waals surface area contributed by atoms with Gasteiger partial charge in [0.15, 0.2) is 9.84 Å². The van der Waals surface area contributed by atoms with Crippen LogP contribution in [0.4, 0.5) is 6.01 Å². The average Bonchev–Trinajstić information content (AvgIpc) is 3.01. The molecule has 0 bridgehead atoms. The van der Waals surface area contributed by atoms with Crippen molar-refractivity contribution in [3.8, 4) is 0 Å². The summed E-state index contributed by atoms with van der Waals surface area (Å²) in [6.45, 7) is 3.76. The van der Waals surface area contributed by atoms with Gasteiger partial charge in [0.25, 0.3) is 5.91 Å². The molecule has 26 heavy (non-hydrogen) atoms. The number of nitrogens with zero attached hydrogens (tertiary/aromatic N) is 2. The third-order valence-electron chi connectivity index (χ3n) is 3.73. The van der Waals surface area contributed by atoms with E-state index in [1.165, 1.54) is 12.1 Å². The molecule has 2 aromatic carbocycles. The van der Waals surface area contributed by atoms with Crippen molar-refractivity contribution in [2.75, 3.05) is 5.32 Å². The molecule has 0 radical (unpaired) electrons. The highest BCUT2D eigenvalue weighted by Gasteiger charge is 2.20. The highest BCUT2D eigenvalue weighted by molar-refractivity contribution is 7.90. The lowest BCUT2D eigenvalue weighted by Crippen LogP contribution is -2.13. The molecule has 0 aliphatic rings. The van der Waals surface area contributed by atoms with E-state index in [1.54, 1.807) is 24.3 Å². The number of aromatic nitrogens is 2. The Kier molecular flexibility index (Phi) is 4.85. The van der Waals surface area contributed by atoms with Gasteiger partial charge in [-0.15, -0.1) is 5.10 Å². The summed E-state index contributed by atoms with van der Waals surface area (Å²) in [4.78, 5) is 12.5. The summed E-state index contributed by atoms with van der Waals surface area (Å²) in [6.07, 6.45) is 0. The molecule has 134 valence electrons. The van der Waals surface area contributed by atoms with E-state index in [2.05, 4.69) is 15.5 Å². The zero-order valence-electron chi connectivity index (χ0n) is 14.3. The van der Waals surface area contributed by atoms with Gasteiger partial charge < -0.3 is 4.42 Å². The molecule has 8 heteroatoms. The largest absolute Gasteiger partial charge is 0.407 e. The van der Waals surface area contributed by atoms with Gasteiger partial charge in [0, 0.05) is 5.56 Å². The van der Waals surface area contributed by atoms with E-state index in [4.69, 9.17) is 4.42 Å². The van der Waals surface area contributed by atoms with Crippen LogP contribution in [0.25, 0.3) is 0 Å². The first-order chi connectivity index (χ1) is 12.3. The minimum Gasteiger partial charge on any atom is -0.407 e. The molecule has 1 heterocycles. The molecule has 0 fully saturated rings. The van der Waals surface area contributed by atoms with Gasteiger partial charge in [0.05, 0.1) is 4.90 Å². The average molecular weight is 371 g/mol. The zero-order valence-corrected chi connectivity index (χ0v) is 15.1. The van der Waals surface area contributed by atoms with E-state index in [9.17, 15) is 13.2 Å². The van der Waals surface area contributed by atoms with Crippen molar-refractivity contribution < 1.29 is 17.6 Å². The fourth-order valence-electron chi connectivity index (χ4n) is 2.47. The van der Waals surface area contributed by atoms with Crippen LogP contribution in [0.3, 0.4) is 0 Å². The van der Waals surface area contributed by atoms with E-state index in [0.717, 1.165) is 11.1 Å². The molecule has 0 atom stereocenters. The summed E-state index contributed by atoms with van der Waals surface area (Å²) in [5.74, 6) is -0.933. The van der Waals surface area contributed by atoms with Gasteiger partial charge in [-0.05, 0) is 37.6 Å². The van der Waals surface area contributed by atoms with Crippen LogP contribution in [0.2, 0.25) is 0 Å². The summed E-state index contributed by atoms with van der Waals surface area (Å²) in [7, 11) is -3.60. The van der Waals surface area contributed by atoms with Crippen molar-refractivity contribution in [3.63, 3.8) is 0 Å². The van der Waals surface area contributed by atoms with Crippen molar-refractivity contribution in [3.05, 3.63) is 71.1 Å². The second kappa shape index (κ2) is 7.09. The smallest absolute Gasteiger partial charge is 0.322 e. The minimum atomic E-state index is -3.60. The van der Waals surface area contributed by atoms with E-state index >= 15 is 0 Å². The predicted octanol–water partition coefficient (Wildman–Crippen LogP) is 2.91. The molecule has 0 saturated carbocycles. The molecule has 0 spiro atoms. The van der Waals surface area contributed by atoms with Gasteiger partial charge in [-0.1, -0.05) is 41.0 Å². The lowest BCUT2D eigenvalue weighted by Gasteiger charge is -2.05. The van der Waals surface area contributed by atoms with Crippen molar-refractivity contribution in [1.29, 1.82) is 0 Å². The number of hydrogen-bond donors (Lipinski definition) is 1. The van der Waals surface area contributed by atoms with Gasteiger partial charge >= 0.3 is 6.01 Å². The Morgan fingerprint density at radius 3 is 2.50 bits per heavy atom. The van der Waals surface area contributed by atoms with Crippen LogP contribution in [0.5, 0.6) is 0 Å². The first kappa shape index (κ1) is 17.8. The number of anilines is 1. The molecule has 0 aliphatic heterocycles. The summed E-state index contributed by atoms with van der Waals surface area (Å²) < 4.78 is 29.9. The second-order valence-electron chi connectivity index (χ2n) is 5.85. The number of nitrogens with one attached hydrogen (secondary N) is 1. The Bertz CT molecular complexity index is 1040. The first-order valence-corrected chi connectivity index (χ1v) is 9.49. The Labute approximate surface area is 151 Å². The second-order valence-corrected chi connectivity index (χ2v) is 7.84. The van der Waals surface area contributed by atoms with Crippen molar-refractivity contribution in [1.82, 2.24) is 10.2 Å². The van der Waals surface area contributed by atoms with Crippen LogP contribution in [-0.2, 0) is 15.6 Å². The van der Waals surface area contributed by atoms with E-state index in [0.29, 0.717) is 5.56 Å². The number of hydrogen-bond acceptors (Lipinski definition) is 6. The molecule has 1 N–H and O–H groups in total. The summed E-state index contributed by atoms with van der Waals surface area (Å²) >= 11 is 0. The number of benzene rings is 2. The van der Waals surface area contributed by atoms with Crippen molar-refractivity contribution in [2.45, 2.75) is 24.5 Å². The lowest BCUT2D eigenvalue weighted by atomic mass is 10.1. The van der Waals surface area contributed by atoms with Gasteiger partial charge in [0.2, 0.25) is 5.89 Å². The molecule has 0 aliphatic carbocycles. The topological polar surface area (TPSA) is 102 Å². The fourth-order valence-corrected chi connectivity index (χ4v) is 3.65. The Morgan fingerprint density at radius 2 is 1.81 bits per heavy atom. The maximum Gasteiger partial charge on any atom is 0.322 e. The monoisotopic (exact) mass is 371 g/mol. The van der Waals surface area contributed by atoms with Crippen LogP contribution in [-0.4, -0.2) is 24.5 Å². The van der Waals surface area contributed by atoms with E-state index in [-0.39, 0.29) is 16.8 Å².